The zero-order chi connectivity index (χ0) is 6.97. The van der Waals surface area contributed by atoms with Crippen LogP contribution in [0.15, 0.2) is 24.0 Å². The normalized spacial score (nSPS) is 14.7. The van der Waals surface area contributed by atoms with Crippen molar-refractivity contribution in [3.8, 4) is 0 Å². The number of fused-ring (bicyclic) bond motifs is 1. The standard InChI is InChI=1S/C9H9N.H2/c1-7-4-8-2-3-10-6-9(8)5-7;/h2-3,5-6H,4H2,1H3;1H. The van der Waals surface area contributed by atoms with Crippen LogP contribution in [0, 0.1) is 0 Å². The quantitative estimate of drug-likeness (QED) is 0.529. The molecule has 1 heteroatoms. The summed E-state index contributed by atoms with van der Waals surface area (Å²) in [5.74, 6) is 0. The second-order valence-electron chi connectivity index (χ2n) is 2.74. The summed E-state index contributed by atoms with van der Waals surface area (Å²) in [6.07, 6.45) is 7.08. The lowest BCUT2D eigenvalue weighted by Gasteiger charge is -1.93. The molecule has 2 rings (SSSR count). The molecule has 0 unspecified atom stereocenters. The smallest absolute Gasteiger partial charge is 0.0343 e. The minimum atomic E-state index is 0. The van der Waals surface area contributed by atoms with Gasteiger partial charge in [-0.05, 0) is 30.5 Å². The Hall–Kier alpha value is -1.11. The van der Waals surface area contributed by atoms with E-state index in [1.54, 1.807) is 0 Å². The second-order valence-corrected chi connectivity index (χ2v) is 2.74. The Morgan fingerprint density at radius 2 is 2.50 bits per heavy atom. The number of pyridine rings is 1. The average Bonchev–Trinajstić information content (AvgIpc) is 2.27. The SMILES string of the molecule is CC1=Cc2cnccc2C1.[HH]. The van der Waals surface area contributed by atoms with Crippen LogP contribution in [-0.4, -0.2) is 4.98 Å². The van der Waals surface area contributed by atoms with Gasteiger partial charge in [-0.15, -0.1) is 0 Å². The molecular formula is C9H11N. The summed E-state index contributed by atoms with van der Waals surface area (Å²) >= 11 is 0. The first-order valence-corrected chi connectivity index (χ1v) is 3.46. The molecule has 0 radical (unpaired) electrons. The fourth-order valence-electron chi connectivity index (χ4n) is 1.34. The first kappa shape index (κ1) is 5.66. The highest BCUT2D eigenvalue weighted by Crippen LogP contribution is 2.22. The van der Waals surface area contributed by atoms with Gasteiger partial charge in [-0.2, -0.15) is 0 Å². The van der Waals surface area contributed by atoms with Crippen molar-refractivity contribution in [2.45, 2.75) is 13.3 Å². The molecule has 0 aromatic carbocycles. The Bertz CT molecular complexity index is 291. The van der Waals surface area contributed by atoms with Crippen molar-refractivity contribution in [2.75, 3.05) is 0 Å². The van der Waals surface area contributed by atoms with Gasteiger partial charge in [0, 0.05) is 13.8 Å². The Morgan fingerprint density at radius 3 is 3.30 bits per heavy atom. The van der Waals surface area contributed by atoms with Crippen LogP contribution in [0.5, 0.6) is 0 Å². The molecular weight excluding hydrogens is 122 g/mol. The Balaban J connectivity index is 0.000000605. The van der Waals surface area contributed by atoms with Crippen molar-refractivity contribution in [1.29, 1.82) is 0 Å². The van der Waals surface area contributed by atoms with Crippen molar-refractivity contribution in [3.63, 3.8) is 0 Å². The number of hydrogen-bond donors (Lipinski definition) is 0. The molecule has 52 valence electrons. The summed E-state index contributed by atoms with van der Waals surface area (Å²) < 4.78 is 0. The molecule has 0 atom stereocenters. The van der Waals surface area contributed by atoms with Crippen LogP contribution in [0.25, 0.3) is 6.08 Å². The van der Waals surface area contributed by atoms with E-state index in [2.05, 4.69) is 24.1 Å². The highest BCUT2D eigenvalue weighted by molar-refractivity contribution is 5.61. The van der Waals surface area contributed by atoms with Crippen molar-refractivity contribution in [3.05, 3.63) is 35.2 Å². The molecule has 0 bridgehead atoms. The van der Waals surface area contributed by atoms with Crippen molar-refractivity contribution < 1.29 is 1.43 Å². The van der Waals surface area contributed by atoms with Crippen LogP contribution >= 0.6 is 0 Å². The number of allylic oxidation sites excluding steroid dienone is 1. The first-order chi connectivity index (χ1) is 4.86. The summed E-state index contributed by atoms with van der Waals surface area (Å²) in [4.78, 5) is 4.05. The molecule has 1 aromatic rings. The molecule has 0 aliphatic heterocycles. The predicted octanol–water partition coefficient (Wildman–Crippen LogP) is 2.29. The van der Waals surface area contributed by atoms with Gasteiger partial charge in [0.25, 0.3) is 0 Å². The van der Waals surface area contributed by atoms with Crippen LogP contribution < -0.4 is 0 Å². The van der Waals surface area contributed by atoms with Gasteiger partial charge < -0.3 is 0 Å². The van der Waals surface area contributed by atoms with Crippen LogP contribution in [0.2, 0.25) is 0 Å². The molecule has 0 amide bonds. The van der Waals surface area contributed by atoms with Gasteiger partial charge in [-0.3, -0.25) is 4.98 Å². The number of rotatable bonds is 0. The molecule has 1 aromatic heterocycles. The summed E-state index contributed by atoms with van der Waals surface area (Å²) in [5, 5.41) is 0. The Morgan fingerprint density at radius 1 is 1.60 bits per heavy atom. The molecule has 1 nitrogen and oxygen atoms in total. The lowest BCUT2D eigenvalue weighted by Crippen LogP contribution is -1.81. The van der Waals surface area contributed by atoms with Crippen LogP contribution in [0.1, 0.15) is 19.5 Å². The molecule has 0 saturated heterocycles. The molecule has 10 heavy (non-hydrogen) atoms. The molecule has 0 N–H and O–H groups in total. The van der Waals surface area contributed by atoms with E-state index in [9.17, 15) is 0 Å². The molecule has 0 saturated carbocycles. The molecule has 1 aliphatic rings. The summed E-state index contributed by atoms with van der Waals surface area (Å²) in [7, 11) is 0. The Labute approximate surface area is 61.9 Å². The van der Waals surface area contributed by atoms with E-state index in [0.29, 0.717) is 0 Å². The first-order valence-electron chi connectivity index (χ1n) is 3.46. The molecule has 0 fully saturated rings. The summed E-state index contributed by atoms with van der Waals surface area (Å²) in [5.41, 5.74) is 4.13. The van der Waals surface area contributed by atoms with Gasteiger partial charge in [-0.1, -0.05) is 11.6 Å². The second kappa shape index (κ2) is 1.94. The van der Waals surface area contributed by atoms with E-state index in [1.807, 2.05) is 12.4 Å². The van der Waals surface area contributed by atoms with E-state index in [4.69, 9.17) is 0 Å². The lowest BCUT2D eigenvalue weighted by molar-refractivity contribution is 1.17. The monoisotopic (exact) mass is 133 g/mol. The third-order valence-electron chi connectivity index (χ3n) is 1.82. The number of hydrogen-bond acceptors (Lipinski definition) is 1. The van der Waals surface area contributed by atoms with E-state index in [1.165, 1.54) is 16.7 Å². The Kier molecular flexibility index (Phi) is 1.10. The van der Waals surface area contributed by atoms with E-state index >= 15 is 0 Å². The summed E-state index contributed by atoms with van der Waals surface area (Å²) in [6, 6.07) is 2.09. The summed E-state index contributed by atoms with van der Waals surface area (Å²) in [6.45, 7) is 2.15. The maximum Gasteiger partial charge on any atom is 0.0343 e. The minimum absolute atomic E-state index is 0. The molecule has 1 heterocycles. The van der Waals surface area contributed by atoms with Crippen LogP contribution in [0.4, 0.5) is 0 Å². The topological polar surface area (TPSA) is 12.9 Å². The van der Waals surface area contributed by atoms with Gasteiger partial charge in [-0.25, -0.2) is 0 Å². The van der Waals surface area contributed by atoms with Gasteiger partial charge >= 0.3 is 0 Å². The predicted molar refractivity (Wildman–Crippen MR) is 43.7 cm³/mol. The van der Waals surface area contributed by atoms with E-state index < -0.39 is 0 Å². The third kappa shape index (κ3) is 0.747. The van der Waals surface area contributed by atoms with Gasteiger partial charge in [0.1, 0.15) is 0 Å². The largest absolute Gasteiger partial charge is 0.264 e. The van der Waals surface area contributed by atoms with E-state index in [-0.39, 0.29) is 1.43 Å². The van der Waals surface area contributed by atoms with Crippen molar-refractivity contribution >= 4 is 6.08 Å². The van der Waals surface area contributed by atoms with Gasteiger partial charge in [0.2, 0.25) is 0 Å². The number of nitrogens with zero attached hydrogens (tertiary/aromatic N) is 1. The fraction of sp³-hybridized carbons (Fsp3) is 0.222. The fourth-order valence-corrected chi connectivity index (χ4v) is 1.34. The molecule has 0 spiro atoms. The molecule has 1 aliphatic carbocycles. The maximum atomic E-state index is 4.05. The van der Waals surface area contributed by atoms with E-state index in [0.717, 1.165) is 6.42 Å². The third-order valence-corrected chi connectivity index (χ3v) is 1.82. The van der Waals surface area contributed by atoms with Crippen LogP contribution in [0.3, 0.4) is 0 Å². The zero-order valence-electron chi connectivity index (χ0n) is 5.96. The highest BCUT2D eigenvalue weighted by Gasteiger charge is 2.07. The van der Waals surface area contributed by atoms with Gasteiger partial charge in [0.05, 0.1) is 0 Å². The van der Waals surface area contributed by atoms with Crippen molar-refractivity contribution in [2.24, 2.45) is 0 Å². The maximum absolute atomic E-state index is 4.05. The number of aromatic nitrogens is 1. The van der Waals surface area contributed by atoms with Crippen LogP contribution in [-0.2, 0) is 6.42 Å². The lowest BCUT2D eigenvalue weighted by atomic mass is 10.2. The zero-order valence-corrected chi connectivity index (χ0v) is 5.96. The average molecular weight is 133 g/mol. The minimum Gasteiger partial charge on any atom is -0.264 e. The van der Waals surface area contributed by atoms with Crippen molar-refractivity contribution in [1.82, 2.24) is 4.98 Å². The highest BCUT2D eigenvalue weighted by atomic mass is 14.6. The van der Waals surface area contributed by atoms with Gasteiger partial charge in [0.15, 0.2) is 0 Å².